The molecule has 1 heterocycles. The van der Waals surface area contributed by atoms with Gasteiger partial charge in [0.2, 0.25) is 5.82 Å². The number of rotatable bonds is 5. The topological polar surface area (TPSA) is 90.2 Å². The summed E-state index contributed by atoms with van der Waals surface area (Å²) in [5.74, 6) is 0.227. The van der Waals surface area contributed by atoms with Crippen molar-refractivity contribution < 1.29 is 9.66 Å². The van der Waals surface area contributed by atoms with Crippen molar-refractivity contribution in [3.8, 4) is 5.88 Å². The molecule has 2 rings (SSSR count). The molecule has 1 aromatic rings. The van der Waals surface area contributed by atoms with Gasteiger partial charge in [0, 0.05) is 11.3 Å². The summed E-state index contributed by atoms with van der Waals surface area (Å²) in [6.45, 7) is 0. The van der Waals surface area contributed by atoms with E-state index in [1.165, 1.54) is 13.4 Å². The molecule has 104 valence electrons. The number of nitrogens with zero attached hydrogens (tertiary/aromatic N) is 3. The normalized spacial score (nSPS) is 22.2. The maximum Gasteiger partial charge on any atom is 0.372 e. The Labute approximate surface area is 115 Å². The zero-order valence-electron chi connectivity index (χ0n) is 10.8. The van der Waals surface area contributed by atoms with Crippen LogP contribution in [0.4, 0.5) is 11.5 Å². The van der Waals surface area contributed by atoms with Crippen molar-refractivity contribution in [3.63, 3.8) is 0 Å². The fourth-order valence-corrected chi connectivity index (χ4v) is 3.06. The second kappa shape index (κ2) is 6.05. The molecule has 0 radical (unpaired) electrons. The molecule has 1 saturated carbocycles. The summed E-state index contributed by atoms with van der Waals surface area (Å²) in [6, 6.07) is 0.218. The summed E-state index contributed by atoms with van der Waals surface area (Å²) >= 11 is 1.83. The Morgan fingerprint density at radius 2 is 2.32 bits per heavy atom. The fourth-order valence-electron chi connectivity index (χ4n) is 2.26. The summed E-state index contributed by atoms with van der Waals surface area (Å²) in [4.78, 5) is 18.3. The predicted octanol–water partition coefficient (Wildman–Crippen LogP) is 2.09. The molecule has 0 amide bonds. The Bertz CT molecular complexity index is 471. The van der Waals surface area contributed by atoms with Crippen LogP contribution >= 0.6 is 11.8 Å². The van der Waals surface area contributed by atoms with Crippen molar-refractivity contribution in [3.05, 3.63) is 16.4 Å². The molecule has 1 N–H and O–H groups in total. The predicted molar refractivity (Wildman–Crippen MR) is 73.8 cm³/mol. The standard InChI is InChI=1S/C11H16N4O3S/c1-18-11-9(15(16)17)10(12-6-13-11)14-7-3-4-8(5-7)19-2/h6-8H,3-5H2,1-2H3,(H,12,13,14). The quantitative estimate of drug-likeness (QED) is 0.654. The molecule has 1 aromatic heterocycles. The van der Waals surface area contributed by atoms with Gasteiger partial charge < -0.3 is 10.1 Å². The molecular weight excluding hydrogens is 268 g/mol. The molecule has 2 atom stereocenters. The van der Waals surface area contributed by atoms with Gasteiger partial charge in [-0.05, 0) is 25.5 Å². The number of nitrogens with one attached hydrogen (secondary N) is 1. The Hall–Kier alpha value is -1.57. The largest absolute Gasteiger partial charge is 0.476 e. The molecule has 0 spiro atoms. The first-order valence-corrected chi connectivity index (χ1v) is 7.27. The number of aromatic nitrogens is 2. The van der Waals surface area contributed by atoms with Gasteiger partial charge in [0.05, 0.1) is 12.0 Å². The monoisotopic (exact) mass is 284 g/mol. The molecule has 0 aliphatic heterocycles. The molecule has 19 heavy (non-hydrogen) atoms. The van der Waals surface area contributed by atoms with Crippen LogP contribution in [0.25, 0.3) is 0 Å². The maximum atomic E-state index is 11.1. The van der Waals surface area contributed by atoms with E-state index in [2.05, 4.69) is 21.5 Å². The summed E-state index contributed by atoms with van der Waals surface area (Å²) in [5, 5.41) is 14.9. The van der Waals surface area contributed by atoms with E-state index in [0.29, 0.717) is 5.25 Å². The highest BCUT2D eigenvalue weighted by Crippen LogP contribution is 2.34. The summed E-state index contributed by atoms with van der Waals surface area (Å²) in [7, 11) is 1.36. The number of thioether (sulfide) groups is 1. The molecule has 2 unspecified atom stereocenters. The lowest BCUT2D eigenvalue weighted by Crippen LogP contribution is -2.18. The van der Waals surface area contributed by atoms with Crippen LogP contribution in [0.1, 0.15) is 19.3 Å². The molecule has 0 bridgehead atoms. The van der Waals surface area contributed by atoms with E-state index in [1.807, 2.05) is 11.8 Å². The Morgan fingerprint density at radius 1 is 1.53 bits per heavy atom. The summed E-state index contributed by atoms with van der Waals surface area (Å²) in [6.07, 6.45) is 6.47. The van der Waals surface area contributed by atoms with E-state index in [9.17, 15) is 10.1 Å². The Kier molecular flexibility index (Phi) is 4.41. The molecule has 1 fully saturated rings. The highest BCUT2D eigenvalue weighted by Gasteiger charge is 2.29. The molecular formula is C11H16N4O3S. The van der Waals surface area contributed by atoms with Crippen LogP contribution in [-0.2, 0) is 0 Å². The van der Waals surface area contributed by atoms with E-state index in [4.69, 9.17) is 4.74 Å². The first-order chi connectivity index (χ1) is 9.15. The molecule has 8 heteroatoms. The maximum absolute atomic E-state index is 11.1. The van der Waals surface area contributed by atoms with Crippen molar-refractivity contribution in [2.24, 2.45) is 0 Å². The highest BCUT2D eigenvalue weighted by molar-refractivity contribution is 7.99. The highest BCUT2D eigenvalue weighted by atomic mass is 32.2. The third-order valence-electron chi connectivity index (χ3n) is 3.22. The number of anilines is 1. The Morgan fingerprint density at radius 3 is 2.89 bits per heavy atom. The van der Waals surface area contributed by atoms with Gasteiger partial charge in [-0.25, -0.2) is 4.98 Å². The van der Waals surface area contributed by atoms with Crippen LogP contribution in [0.2, 0.25) is 0 Å². The van der Waals surface area contributed by atoms with E-state index < -0.39 is 4.92 Å². The molecule has 1 aliphatic carbocycles. The molecule has 0 saturated heterocycles. The number of hydrogen-bond donors (Lipinski definition) is 1. The lowest BCUT2D eigenvalue weighted by molar-refractivity contribution is -0.385. The minimum atomic E-state index is -0.512. The molecule has 7 nitrogen and oxygen atoms in total. The van der Waals surface area contributed by atoms with Gasteiger partial charge in [-0.15, -0.1) is 0 Å². The number of hydrogen-bond acceptors (Lipinski definition) is 7. The molecule has 1 aliphatic rings. The third kappa shape index (κ3) is 3.06. The van der Waals surface area contributed by atoms with Gasteiger partial charge in [-0.3, -0.25) is 10.1 Å². The van der Waals surface area contributed by atoms with Gasteiger partial charge in [0.1, 0.15) is 6.33 Å². The van der Waals surface area contributed by atoms with E-state index in [0.717, 1.165) is 19.3 Å². The summed E-state index contributed by atoms with van der Waals surface area (Å²) in [5.41, 5.74) is -0.197. The van der Waals surface area contributed by atoms with Crippen LogP contribution in [-0.4, -0.2) is 39.5 Å². The van der Waals surface area contributed by atoms with Crippen molar-refractivity contribution in [1.82, 2.24) is 9.97 Å². The second-order valence-electron chi connectivity index (χ2n) is 4.35. The van der Waals surface area contributed by atoms with Crippen LogP contribution in [0.15, 0.2) is 6.33 Å². The summed E-state index contributed by atoms with van der Waals surface area (Å²) < 4.78 is 4.92. The van der Waals surface area contributed by atoms with Gasteiger partial charge in [-0.2, -0.15) is 16.7 Å². The van der Waals surface area contributed by atoms with Crippen molar-refractivity contribution >= 4 is 23.3 Å². The minimum absolute atomic E-state index is 0.0121. The SMILES string of the molecule is COc1ncnc(NC2CCC(SC)C2)c1[N+](=O)[O-]. The Balaban J connectivity index is 2.18. The lowest BCUT2D eigenvalue weighted by Gasteiger charge is -2.13. The van der Waals surface area contributed by atoms with Gasteiger partial charge in [0.25, 0.3) is 5.88 Å². The number of ether oxygens (including phenoxy) is 1. The minimum Gasteiger partial charge on any atom is -0.476 e. The van der Waals surface area contributed by atoms with Gasteiger partial charge >= 0.3 is 5.69 Å². The van der Waals surface area contributed by atoms with E-state index >= 15 is 0 Å². The van der Waals surface area contributed by atoms with Gasteiger partial charge in [-0.1, -0.05) is 0 Å². The molecule has 0 aromatic carbocycles. The van der Waals surface area contributed by atoms with E-state index in [-0.39, 0.29) is 23.4 Å². The van der Waals surface area contributed by atoms with Crippen LogP contribution in [0, 0.1) is 10.1 Å². The lowest BCUT2D eigenvalue weighted by atomic mass is 10.2. The zero-order chi connectivity index (χ0) is 13.8. The fraction of sp³-hybridized carbons (Fsp3) is 0.636. The smallest absolute Gasteiger partial charge is 0.372 e. The van der Waals surface area contributed by atoms with Crippen LogP contribution in [0.5, 0.6) is 5.88 Å². The number of methoxy groups -OCH3 is 1. The zero-order valence-corrected chi connectivity index (χ0v) is 11.6. The first-order valence-electron chi connectivity index (χ1n) is 5.98. The van der Waals surface area contributed by atoms with Crippen LogP contribution < -0.4 is 10.1 Å². The van der Waals surface area contributed by atoms with Crippen molar-refractivity contribution in [2.45, 2.75) is 30.6 Å². The van der Waals surface area contributed by atoms with Crippen LogP contribution in [0.3, 0.4) is 0 Å². The average Bonchev–Trinajstić information content (AvgIpc) is 2.85. The third-order valence-corrected chi connectivity index (χ3v) is 4.32. The number of nitro groups is 1. The van der Waals surface area contributed by atoms with E-state index in [1.54, 1.807) is 0 Å². The van der Waals surface area contributed by atoms with Crippen molar-refractivity contribution in [1.29, 1.82) is 0 Å². The average molecular weight is 284 g/mol. The first kappa shape index (κ1) is 13.9. The van der Waals surface area contributed by atoms with Crippen molar-refractivity contribution in [2.75, 3.05) is 18.7 Å². The second-order valence-corrected chi connectivity index (χ2v) is 5.49. The van der Waals surface area contributed by atoms with Gasteiger partial charge in [0.15, 0.2) is 0 Å².